The van der Waals surface area contributed by atoms with Gasteiger partial charge in [-0.1, -0.05) is 54.6 Å². The third kappa shape index (κ3) is 5.55. The number of aromatic nitrogens is 5. The van der Waals surface area contributed by atoms with E-state index < -0.39 is 0 Å². The van der Waals surface area contributed by atoms with Crippen molar-refractivity contribution in [3.63, 3.8) is 0 Å². The lowest BCUT2D eigenvalue weighted by Gasteiger charge is -2.38. The number of hydrogen-bond donors (Lipinski definition) is 1. The molecule has 6 rings (SSSR count). The second-order valence-corrected chi connectivity index (χ2v) is 10.1. The van der Waals surface area contributed by atoms with Crippen molar-refractivity contribution in [1.29, 1.82) is 0 Å². The Morgan fingerprint density at radius 2 is 1.66 bits per heavy atom. The Morgan fingerprint density at radius 3 is 2.39 bits per heavy atom. The SMILES string of the molecule is CC(=O)Nc1cccc(-c2ccc3c(C(=O)N4CCN(C(c5ccccc5)c5nnn(C)n5)CC4)nccc3c2)c1. The smallest absolute Gasteiger partial charge is 0.273 e. The number of pyridine rings is 1. The number of nitrogens with zero attached hydrogens (tertiary/aromatic N) is 7. The zero-order chi connectivity index (χ0) is 28.3. The Morgan fingerprint density at radius 1 is 0.878 bits per heavy atom. The van der Waals surface area contributed by atoms with Crippen molar-refractivity contribution in [1.82, 2.24) is 35.0 Å². The number of aryl methyl sites for hydroxylation is 1. The number of carbonyl (C=O) groups is 2. The Kier molecular flexibility index (Phi) is 7.22. The Labute approximate surface area is 237 Å². The van der Waals surface area contributed by atoms with Gasteiger partial charge in [-0.25, -0.2) is 0 Å². The van der Waals surface area contributed by atoms with E-state index >= 15 is 0 Å². The van der Waals surface area contributed by atoms with Gasteiger partial charge < -0.3 is 10.2 Å². The number of fused-ring (bicyclic) bond motifs is 1. The van der Waals surface area contributed by atoms with Crippen LogP contribution in [-0.4, -0.2) is 73.0 Å². The Balaban J connectivity index is 1.21. The fourth-order valence-electron chi connectivity index (χ4n) is 5.41. The second kappa shape index (κ2) is 11.3. The minimum atomic E-state index is -0.139. The summed E-state index contributed by atoms with van der Waals surface area (Å²) in [5.74, 6) is 0.453. The van der Waals surface area contributed by atoms with Crippen LogP contribution in [0.15, 0.2) is 85.1 Å². The number of benzene rings is 3. The van der Waals surface area contributed by atoms with Gasteiger partial charge >= 0.3 is 0 Å². The van der Waals surface area contributed by atoms with E-state index in [4.69, 9.17) is 0 Å². The fourth-order valence-corrected chi connectivity index (χ4v) is 5.41. The maximum Gasteiger partial charge on any atom is 0.273 e. The van der Waals surface area contributed by atoms with E-state index in [-0.39, 0.29) is 17.9 Å². The molecule has 0 radical (unpaired) electrons. The predicted molar refractivity (Wildman–Crippen MR) is 156 cm³/mol. The van der Waals surface area contributed by atoms with Gasteiger partial charge in [0.15, 0.2) is 5.82 Å². The molecule has 3 aromatic carbocycles. The molecule has 1 atom stereocenters. The van der Waals surface area contributed by atoms with E-state index in [1.165, 1.54) is 11.7 Å². The van der Waals surface area contributed by atoms with Crippen LogP contribution >= 0.6 is 0 Å². The minimum Gasteiger partial charge on any atom is -0.335 e. The average molecular weight is 547 g/mol. The van der Waals surface area contributed by atoms with Crippen LogP contribution in [0, 0.1) is 0 Å². The van der Waals surface area contributed by atoms with Gasteiger partial charge in [-0.15, -0.1) is 10.2 Å². The maximum absolute atomic E-state index is 13.7. The zero-order valence-electron chi connectivity index (χ0n) is 22.9. The summed E-state index contributed by atoms with van der Waals surface area (Å²) in [6, 6.07) is 25.6. The summed E-state index contributed by atoms with van der Waals surface area (Å²) in [5, 5.41) is 17.4. The maximum atomic E-state index is 13.7. The largest absolute Gasteiger partial charge is 0.335 e. The van der Waals surface area contributed by atoms with E-state index in [1.54, 1.807) is 13.2 Å². The molecule has 10 heteroatoms. The van der Waals surface area contributed by atoms with Gasteiger partial charge in [0, 0.05) is 50.4 Å². The summed E-state index contributed by atoms with van der Waals surface area (Å²) in [5.41, 5.74) is 4.25. The van der Waals surface area contributed by atoms with Crippen LogP contribution in [0.5, 0.6) is 0 Å². The highest BCUT2D eigenvalue weighted by molar-refractivity contribution is 6.06. The van der Waals surface area contributed by atoms with E-state index in [2.05, 4.69) is 48.8 Å². The molecule has 1 aliphatic heterocycles. The normalized spacial score (nSPS) is 14.6. The summed E-state index contributed by atoms with van der Waals surface area (Å²) >= 11 is 0. The van der Waals surface area contributed by atoms with E-state index in [1.807, 2.05) is 65.6 Å². The van der Waals surface area contributed by atoms with Crippen LogP contribution in [0.3, 0.4) is 0 Å². The summed E-state index contributed by atoms with van der Waals surface area (Å²) in [6.45, 7) is 3.96. The predicted octanol–water partition coefficient (Wildman–Crippen LogP) is 3.93. The highest BCUT2D eigenvalue weighted by atomic mass is 16.2. The van der Waals surface area contributed by atoms with Crippen molar-refractivity contribution in [2.75, 3.05) is 31.5 Å². The van der Waals surface area contributed by atoms with E-state index in [0.717, 1.165) is 33.2 Å². The van der Waals surface area contributed by atoms with Crippen LogP contribution < -0.4 is 5.32 Å². The number of hydrogen-bond acceptors (Lipinski definition) is 7. The van der Waals surface area contributed by atoms with Gasteiger partial charge in [0.05, 0.1) is 13.1 Å². The number of tetrazole rings is 1. The molecule has 10 nitrogen and oxygen atoms in total. The molecule has 1 unspecified atom stereocenters. The minimum absolute atomic E-state index is 0.0791. The number of nitrogens with one attached hydrogen (secondary N) is 1. The number of rotatable bonds is 6. The first kappa shape index (κ1) is 26.3. The monoisotopic (exact) mass is 546 g/mol. The number of anilines is 1. The number of amides is 2. The Bertz CT molecular complexity index is 1710. The first-order valence-electron chi connectivity index (χ1n) is 13.6. The van der Waals surface area contributed by atoms with E-state index in [0.29, 0.717) is 37.7 Å². The van der Waals surface area contributed by atoms with Gasteiger partial charge in [-0.2, -0.15) is 4.80 Å². The molecular weight excluding hydrogens is 516 g/mol. The van der Waals surface area contributed by atoms with Crippen molar-refractivity contribution < 1.29 is 9.59 Å². The zero-order valence-corrected chi connectivity index (χ0v) is 22.9. The van der Waals surface area contributed by atoms with Crippen LogP contribution in [0.2, 0.25) is 0 Å². The third-order valence-corrected chi connectivity index (χ3v) is 7.33. The number of carbonyl (C=O) groups excluding carboxylic acids is 2. The van der Waals surface area contributed by atoms with Crippen LogP contribution in [0.1, 0.15) is 34.8 Å². The van der Waals surface area contributed by atoms with Crippen molar-refractivity contribution in [3.05, 3.63) is 102 Å². The topological polar surface area (TPSA) is 109 Å². The van der Waals surface area contributed by atoms with Crippen LogP contribution in [-0.2, 0) is 11.8 Å². The van der Waals surface area contributed by atoms with Crippen molar-refractivity contribution in [3.8, 4) is 11.1 Å². The van der Waals surface area contributed by atoms with Gasteiger partial charge in [0.25, 0.3) is 5.91 Å². The molecule has 0 bridgehead atoms. The molecule has 2 amide bonds. The first-order chi connectivity index (χ1) is 20.0. The van der Waals surface area contributed by atoms with Gasteiger partial charge in [-0.3, -0.25) is 19.5 Å². The lowest BCUT2D eigenvalue weighted by Crippen LogP contribution is -2.50. The lowest BCUT2D eigenvalue weighted by atomic mass is 10.00. The van der Waals surface area contributed by atoms with Gasteiger partial charge in [-0.05, 0) is 51.6 Å². The summed E-state index contributed by atoms with van der Waals surface area (Å²) < 4.78 is 0. The fraction of sp³-hybridized carbons (Fsp3) is 0.226. The quantitative estimate of drug-likeness (QED) is 0.344. The second-order valence-electron chi connectivity index (χ2n) is 10.1. The molecule has 0 spiro atoms. The summed E-state index contributed by atoms with van der Waals surface area (Å²) in [4.78, 5) is 35.3. The van der Waals surface area contributed by atoms with Crippen molar-refractivity contribution >= 4 is 28.3 Å². The van der Waals surface area contributed by atoms with Crippen LogP contribution in [0.4, 0.5) is 5.69 Å². The van der Waals surface area contributed by atoms with Gasteiger partial charge in [0.2, 0.25) is 5.91 Å². The average Bonchev–Trinajstić information content (AvgIpc) is 3.42. The van der Waals surface area contributed by atoms with Crippen molar-refractivity contribution in [2.24, 2.45) is 7.05 Å². The lowest BCUT2D eigenvalue weighted by molar-refractivity contribution is -0.114. The standard InChI is InChI=1S/C31H30N8O2/c1-21(40)33-26-10-6-9-23(20-26)24-11-12-27-25(19-24)13-14-32-28(27)31(41)39-17-15-38(16-18-39)29(22-7-4-3-5-8-22)30-34-36-37(2)35-30/h3-14,19-20,29H,15-18H2,1-2H3,(H,33,40). The molecule has 41 heavy (non-hydrogen) atoms. The molecule has 3 heterocycles. The van der Waals surface area contributed by atoms with Gasteiger partial charge in [0.1, 0.15) is 5.69 Å². The molecule has 5 aromatic rings. The molecule has 0 aliphatic carbocycles. The summed E-state index contributed by atoms with van der Waals surface area (Å²) in [7, 11) is 1.76. The number of piperazine rings is 1. The molecule has 206 valence electrons. The van der Waals surface area contributed by atoms with Crippen molar-refractivity contribution in [2.45, 2.75) is 13.0 Å². The molecule has 0 saturated carbocycles. The van der Waals surface area contributed by atoms with E-state index in [9.17, 15) is 9.59 Å². The third-order valence-electron chi connectivity index (χ3n) is 7.33. The Hall–Kier alpha value is -4.96. The highest BCUT2D eigenvalue weighted by Gasteiger charge is 2.31. The summed E-state index contributed by atoms with van der Waals surface area (Å²) in [6.07, 6.45) is 1.69. The molecular formula is C31H30N8O2. The highest BCUT2D eigenvalue weighted by Crippen LogP contribution is 2.30. The molecule has 2 aromatic heterocycles. The molecule has 1 aliphatic rings. The molecule has 1 fully saturated rings. The molecule has 1 saturated heterocycles. The molecule has 1 N–H and O–H groups in total. The first-order valence-corrected chi connectivity index (χ1v) is 13.6. The van der Waals surface area contributed by atoms with Crippen LogP contribution in [0.25, 0.3) is 21.9 Å².